The SMILES string of the molecule is CSC1=NOCC1. The van der Waals surface area contributed by atoms with Crippen molar-refractivity contribution in [1.82, 2.24) is 0 Å². The molecule has 0 atom stereocenters. The van der Waals surface area contributed by atoms with Crippen LogP contribution in [0.4, 0.5) is 0 Å². The number of nitrogens with zero attached hydrogens (tertiary/aromatic N) is 1. The summed E-state index contributed by atoms with van der Waals surface area (Å²) >= 11 is 1.66. The molecule has 1 aliphatic heterocycles. The molecule has 0 aromatic heterocycles. The van der Waals surface area contributed by atoms with Crippen molar-refractivity contribution in [3.05, 3.63) is 0 Å². The lowest BCUT2D eigenvalue weighted by Crippen LogP contribution is -1.83. The minimum Gasteiger partial charge on any atom is -0.395 e. The zero-order chi connectivity index (χ0) is 5.11. The van der Waals surface area contributed by atoms with Gasteiger partial charge >= 0.3 is 0 Å². The average molecular weight is 117 g/mol. The Morgan fingerprint density at radius 3 is 3.00 bits per heavy atom. The Kier molecular flexibility index (Phi) is 1.57. The molecule has 0 spiro atoms. The maximum atomic E-state index is 4.72. The third-order valence-corrected chi connectivity index (χ3v) is 1.56. The molecule has 0 bridgehead atoms. The van der Waals surface area contributed by atoms with E-state index in [1.165, 1.54) is 0 Å². The number of thioether (sulfide) groups is 1. The summed E-state index contributed by atoms with van der Waals surface area (Å²) in [6, 6.07) is 0. The zero-order valence-electron chi connectivity index (χ0n) is 4.18. The fourth-order valence-corrected chi connectivity index (χ4v) is 0.850. The Labute approximate surface area is 46.9 Å². The molecular formula is C4H7NOS. The Bertz CT molecular complexity index is 91.7. The fraction of sp³-hybridized carbons (Fsp3) is 0.750. The van der Waals surface area contributed by atoms with Crippen LogP contribution in [0.2, 0.25) is 0 Å². The highest BCUT2D eigenvalue weighted by atomic mass is 32.2. The van der Waals surface area contributed by atoms with Crippen molar-refractivity contribution in [3.8, 4) is 0 Å². The van der Waals surface area contributed by atoms with Crippen LogP contribution in [-0.2, 0) is 4.84 Å². The Morgan fingerprint density at radius 1 is 1.86 bits per heavy atom. The van der Waals surface area contributed by atoms with Gasteiger partial charge in [-0.2, -0.15) is 0 Å². The first-order valence-electron chi connectivity index (χ1n) is 2.16. The predicted molar refractivity (Wildman–Crippen MR) is 31.5 cm³/mol. The average Bonchev–Trinajstić information content (AvgIpc) is 2.14. The van der Waals surface area contributed by atoms with Gasteiger partial charge in [-0.25, -0.2) is 0 Å². The molecule has 0 aromatic rings. The zero-order valence-corrected chi connectivity index (χ0v) is 4.99. The topological polar surface area (TPSA) is 21.6 Å². The van der Waals surface area contributed by atoms with Crippen molar-refractivity contribution >= 4 is 16.8 Å². The second kappa shape index (κ2) is 2.21. The first kappa shape index (κ1) is 4.97. The molecule has 0 N–H and O–H groups in total. The van der Waals surface area contributed by atoms with E-state index in [1.54, 1.807) is 11.8 Å². The van der Waals surface area contributed by atoms with Gasteiger partial charge in [-0.1, -0.05) is 5.16 Å². The number of oxime groups is 1. The molecule has 0 amide bonds. The second-order valence-corrected chi connectivity index (χ2v) is 2.15. The smallest absolute Gasteiger partial charge is 0.123 e. The van der Waals surface area contributed by atoms with E-state index in [0.717, 1.165) is 18.1 Å². The Hall–Kier alpha value is -0.180. The van der Waals surface area contributed by atoms with Crippen LogP contribution in [0, 0.1) is 0 Å². The van der Waals surface area contributed by atoms with Gasteiger partial charge in [-0.15, -0.1) is 11.8 Å². The number of rotatable bonds is 0. The van der Waals surface area contributed by atoms with Gasteiger partial charge in [0.15, 0.2) is 0 Å². The minimum absolute atomic E-state index is 0.774. The van der Waals surface area contributed by atoms with Crippen LogP contribution in [0.1, 0.15) is 6.42 Å². The normalized spacial score (nSPS) is 18.7. The molecule has 0 radical (unpaired) electrons. The molecule has 0 aromatic carbocycles. The third kappa shape index (κ3) is 1.09. The van der Waals surface area contributed by atoms with E-state index in [0.29, 0.717) is 0 Å². The maximum absolute atomic E-state index is 4.72. The van der Waals surface area contributed by atoms with Crippen molar-refractivity contribution in [3.63, 3.8) is 0 Å². The van der Waals surface area contributed by atoms with E-state index in [4.69, 9.17) is 4.84 Å². The predicted octanol–water partition coefficient (Wildman–Crippen LogP) is 1.08. The first-order valence-corrected chi connectivity index (χ1v) is 3.39. The van der Waals surface area contributed by atoms with Crippen LogP contribution in [-0.4, -0.2) is 17.9 Å². The fourth-order valence-electron chi connectivity index (χ4n) is 0.436. The molecule has 7 heavy (non-hydrogen) atoms. The molecule has 1 rings (SSSR count). The highest BCUT2D eigenvalue weighted by Crippen LogP contribution is 2.08. The van der Waals surface area contributed by atoms with Gasteiger partial charge in [-0.3, -0.25) is 0 Å². The molecule has 0 saturated carbocycles. The third-order valence-electron chi connectivity index (χ3n) is 0.809. The van der Waals surface area contributed by atoms with Gasteiger partial charge in [0.2, 0.25) is 0 Å². The van der Waals surface area contributed by atoms with Gasteiger partial charge < -0.3 is 4.84 Å². The van der Waals surface area contributed by atoms with Crippen LogP contribution < -0.4 is 0 Å². The lowest BCUT2D eigenvalue weighted by atomic mass is 10.5. The highest BCUT2D eigenvalue weighted by molar-refractivity contribution is 8.13. The van der Waals surface area contributed by atoms with Crippen molar-refractivity contribution in [2.45, 2.75) is 6.42 Å². The van der Waals surface area contributed by atoms with Crippen LogP contribution in [0.3, 0.4) is 0 Å². The summed E-state index contributed by atoms with van der Waals surface area (Å²) in [5.41, 5.74) is 0. The molecule has 0 unspecified atom stereocenters. The largest absolute Gasteiger partial charge is 0.395 e. The van der Waals surface area contributed by atoms with Crippen LogP contribution >= 0.6 is 11.8 Å². The van der Waals surface area contributed by atoms with Crippen LogP contribution in [0.15, 0.2) is 5.16 Å². The summed E-state index contributed by atoms with van der Waals surface area (Å²) in [6.07, 6.45) is 3.01. The highest BCUT2D eigenvalue weighted by Gasteiger charge is 2.03. The molecule has 0 fully saturated rings. The van der Waals surface area contributed by atoms with Crippen molar-refractivity contribution in [2.24, 2.45) is 5.16 Å². The molecule has 40 valence electrons. The van der Waals surface area contributed by atoms with E-state index in [2.05, 4.69) is 5.16 Å². The van der Waals surface area contributed by atoms with E-state index in [1.807, 2.05) is 6.26 Å². The summed E-state index contributed by atoms with van der Waals surface area (Å²) in [7, 11) is 0. The summed E-state index contributed by atoms with van der Waals surface area (Å²) < 4.78 is 0. The van der Waals surface area contributed by atoms with Crippen molar-refractivity contribution in [1.29, 1.82) is 0 Å². The second-order valence-electron chi connectivity index (χ2n) is 1.27. The molecule has 0 aliphatic carbocycles. The van der Waals surface area contributed by atoms with Crippen LogP contribution in [0.25, 0.3) is 0 Å². The van der Waals surface area contributed by atoms with Crippen molar-refractivity contribution < 1.29 is 4.84 Å². The monoisotopic (exact) mass is 117 g/mol. The lowest BCUT2D eigenvalue weighted by molar-refractivity contribution is 0.174. The molecule has 3 heteroatoms. The van der Waals surface area contributed by atoms with Gasteiger partial charge in [0.05, 0.1) is 0 Å². The van der Waals surface area contributed by atoms with Gasteiger partial charge in [-0.05, 0) is 6.26 Å². The maximum Gasteiger partial charge on any atom is 0.123 e. The summed E-state index contributed by atoms with van der Waals surface area (Å²) in [5, 5.41) is 4.84. The van der Waals surface area contributed by atoms with E-state index >= 15 is 0 Å². The lowest BCUT2D eigenvalue weighted by Gasteiger charge is -1.81. The van der Waals surface area contributed by atoms with Gasteiger partial charge in [0, 0.05) is 6.42 Å². The molecule has 1 heterocycles. The van der Waals surface area contributed by atoms with E-state index in [9.17, 15) is 0 Å². The van der Waals surface area contributed by atoms with Crippen molar-refractivity contribution in [2.75, 3.05) is 12.9 Å². The minimum atomic E-state index is 0.774. The first-order chi connectivity index (χ1) is 3.43. The molecule has 2 nitrogen and oxygen atoms in total. The Balaban J connectivity index is 2.36. The van der Waals surface area contributed by atoms with E-state index in [-0.39, 0.29) is 0 Å². The quantitative estimate of drug-likeness (QED) is 0.473. The number of hydrogen-bond acceptors (Lipinski definition) is 3. The Morgan fingerprint density at radius 2 is 2.71 bits per heavy atom. The summed E-state index contributed by atoms with van der Waals surface area (Å²) in [6.45, 7) is 0.774. The summed E-state index contributed by atoms with van der Waals surface area (Å²) in [4.78, 5) is 4.72. The van der Waals surface area contributed by atoms with Crippen LogP contribution in [0.5, 0.6) is 0 Å². The van der Waals surface area contributed by atoms with E-state index < -0.39 is 0 Å². The standard InChI is InChI=1S/C4H7NOS/c1-7-4-2-3-6-5-4/h2-3H2,1H3. The molecule has 1 aliphatic rings. The van der Waals surface area contributed by atoms with Gasteiger partial charge in [0.1, 0.15) is 11.7 Å². The molecular weight excluding hydrogens is 110 g/mol. The molecule has 0 saturated heterocycles. The number of hydrogen-bond donors (Lipinski definition) is 0. The summed E-state index contributed by atoms with van der Waals surface area (Å²) in [5.74, 6) is 0. The van der Waals surface area contributed by atoms with Gasteiger partial charge in [0.25, 0.3) is 0 Å².